The van der Waals surface area contributed by atoms with Crippen LogP contribution in [0.5, 0.6) is 11.5 Å². The van der Waals surface area contributed by atoms with E-state index in [2.05, 4.69) is 10.3 Å². The molecule has 6 nitrogen and oxygen atoms in total. The minimum atomic E-state index is -0.151. The normalized spacial score (nSPS) is 10.5. The molecule has 124 valence electrons. The van der Waals surface area contributed by atoms with Crippen LogP contribution in [0.3, 0.4) is 0 Å². The maximum Gasteiger partial charge on any atom is 0.251 e. The standard InChI is InChI=1S/C17H17N3O3S/c1-22-12-3-5-13(6-4-12)23-9-8-19-16(21)11-2-7-14-15(10-11)24-17(18)20-14/h2-7,10H,8-9H2,1H3,(H2,18,20)(H,19,21). The smallest absolute Gasteiger partial charge is 0.251 e. The molecule has 3 rings (SSSR count). The molecule has 1 amide bonds. The fourth-order valence-corrected chi connectivity index (χ4v) is 2.96. The number of nitrogen functional groups attached to an aromatic ring is 1. The van der Waals surface area contributed by atoms with Gasteiger partial charge in [-0.15, -0.1) is 0 Å². The molecule has 7 heteroatoms. The summed E-state index contributed by atoms with van der Waals surface area (Å²) < 4.78 is 11.6. The zero-order valence-corrected chi connectivity index (χ0v) is 13.9. The van der Waals surface area contributed by atoms with Crippen LogP contribution in [0.15, 0.2) is 42.5 Å². The average Bonchev–Trinajstić information content (AvgIpc) is 2.98. The second-order valence-corrected chi connectivity index (χ2v) is 6.08. The van der Waals surface area contributed by atoms with Gasteiger partial charge in [0.05, 0.1) is 23.9 Å². The van der Waals surface area contributed by atoms with Crippen LogP contribution in [-0.4, -0.2) is 31.2 Å². The van der Waals surface area contributed by atoms with Gasteiger partial charge in [0.25, 0.3) is 5.91 Å². The van der Waals surface area contributed by atoms with Gasteiger partial charge in [0.1, 0.15) is 18.1 Å². The van der Waals surface area contributed by atoms with E-state index in [9.17, 15) is 4.79 Å². The number of anilines is 1. The Morgan fingerprint density at radius 3 is 2.71 bits per heavy atom. The Kier molecular flexibility index (Phi) is 4.81. The Balaban J connectivity index is 1.50. The van der Waals surface area contributed by atoms with Crippen LogP contribution in [0.1, 0.15) is 10.4 Å². The van der Waals surface area contributed by atoms with Crippen LogP contribution in [0.2, 0.25) is 0 Å². The van der Waals surface area contributed by atoms with E-state index in [-0.39, 0.29) is 5.91 Å². The van der Waals surface area contributed by atoms with Gasteiger partial charge in [0, 0.05) is 5.56 Å². The molecule has 0 aliphatic rings. The lowest BCUT2D eigenvalue weighted by molar-refractivity contribution is 0.0947. The number of thiazole rings is 1. The van der Waals surface area contributed by atoms with E-state index in [4.69, 9.17) is 15.2 Å². The van der Waals surface area contributed by atoms with Crippen molar-refractivity contribution in [2.75, 3.05) is 26.0 Å². The summed E-state index contributed by atoms with van der Waals surface area (Å²) >= 11 is 1.36. The third-order valence-corrected chi connectivity index (χ3v) is 4.23. The highest BCUT2D eigenvalue weighted by Crippen LogP contribution is 2.24. The average molecular weight is 343 g/mol. The molecule has 0 fully saturated rings. The molecule has 2 aromatic carbocycles. The van der Waals surface area contributed by atoms with Gasteiger partial charge in [0.2, 0.25) is 0 Å². The zero-order valence-electron chi connectivity index (χ0n) is 13.1. The maximum atomic E-state index is 12.2. The Hall–Kier alpha value is -2.80. The summed E-state index contributed by atoms with van der Waals surface area (Å²) in [7, 11) is 1.61. The molecule has 0 aliphatic heterocycles. The van der Waals surface area contributed by atoms with Gasteiger partial charge < -0.3 is 20.5 Å². The first-order valence-electron chi connectivity index (χ1n) is 7.37. The largest absolute Gasteiger partial charge is 0.497 e. The maximum absolute atomic E-state index is 12.2. The van der Waals surface area contributed by atoms with Crippen LogP contribution in [0, 0.1) is 0 Å². The molecule has 0 saturated carbocycles. The molecule has 0 aliphatic carbocycles. The molecule has 0 unspecified atom stereocenters. The second-order valence-electron chi connectivity index (χ2n) is 5.01. The topological polar surface area (TPSA) is 86.5 Å². The third kappa shape index (κ3) is 3.75. The summed E-state index contributed by atoms with van der Waals surface area (Å²) in [6.07, 6.45) is 0. The molecule has 0 saturated heterocycles. The van der Waals surface area contributed by atoms with Gasteiger partial charge in [-0.05, 0) is 42.5 Å². The molecule has 24 heavy (non-hydrogen) atoms. The number of methoxy groups -OCH3 is 1. The van der Waals surface area contributed by atoms with Crippen molar-refractivity contribution >= 4 is 32.6 Å². The molecule has 0 radical (unpaired) electrons. The van der Waals surface area contributed by atoms with E-state index in [1.165, 1.54) is 11.3 Å². The van der Waals surface area contributed by atoms with E-state index < -0.39 is 0 Å². The van der Waals surface area contributed by atoms with Crippen molar-refractivity contribution < 1.29 is 14.3 Å². The molecule has 0 atom stereocenters. The number of aromatic nitrogens is 1. The van der Waals surface area contributed by atoms with Crippen LogP contribution in [0.25, 0.3) is 10.2 Å². The molecule has 1 heterocycles. The van der Waals surface area contributed by atoms with Crippen molar-refractivity contribution in [3.63, 3.8) is 0 Å². The van der Waals surface area contributed by atoms with E-state index in [0.717, 1.165) is 21.7 Å². The Bertz CT molecular complexity index is 846. The number of nitrogens with two attached hydrogens (primary N) is 1. The van der Waals surface area contributed by atoms with Crippen molar-refractivity contribution in [2.45, 2.75) is 0 Å². The lowest BCUT2D eigenvalue weighted by atomic mass is 10.2. The number of carbonyl (C=O) groups excluding carboxylic acids is 1. The van der Waals surface area contributed by atoms with E-state index >= 15 is 0 Å². The highest BCUT2D eigenvalue weighted by Gasteiger charge is 2.08. The van der Waals surface area contributed by atoms with Gasteiger partial charge in [-0.2, -0.15) is 0 Å². The van der Waals surface area contributed by atoms with Gasteiger partial charge >= 0.3 is 0 Å². The second kappa shape index (κ2) is 7.18. The van der Waals surface area contributed by atoms with E-state index in [1.807, 2.05) is 24.3 Å². The third-order valence-electron chi connectivity index (χ3n) is 3.38. The summed E-state index contributed by atoms with van der Waals surface area (Å²) in [5.41, 5.74) is 7.05. The number of carbonyl (C=O) groups is 1. The predicted octanol–water partition coefficient (Wildman–Crippen LogP) is 2.70. The predicted molar refractivity (Wildman–Crippen MR) is 94.9 cm³/mol. The molecule has 1 aromatic heterocycles. The van der Waals surface area contributed by atoms with Crippen LogP contribution in [0.4, 0.5) is 5.13 Å². The monoisotopic (exact) mass is 343 g/mol. The lowest BCUT2D eigenvalue weighted by Gasteiger charge is -2.08. The summed E-state index contributed by atoms with van der Waals surface area (Å²) in [5, 5.41) is 3.32. The number of fused-ring (bicyclic) bond motifs is 1. The fraction of sp³-hybridized carbons (Fsp3) is 0.176. The zero-order chi connectivity index (χ0) is 16.9. The van der Waals surface area contributed by atoms with E-state index in [0.29, 0.717) is 23.8 Å². The van der Waals surface area contributed by atoms with Crippen molar-refractivity contribution in [2.24, 2.45) is 0 Å². The molecule has 0 bridgehead atoms. The van der Waals surface area contributed by atoms with Crippen LogP contribution in [-0.2, 0) is 0 Å². The number of amides is 1. The Morgan fingerprint density at radius 2 is 1.96 bits per heavy atom. The summed E-state index contributed by atoms with van der Waals surface area (Å²) in [6, 6.07) is 12.6. The number of ether oxygens (including phenoxy) is 2. The number of rotatable bonds is 6. The van der Waals surface area contributed by atoms with Crippen molar-refractivity contribution in [1.82, 2.24) is 10.3 Å². The summed E-state index contributed by atoms with van der Waals surface area (Å²) in [4.78, 5) is 16.3. The van der Waals surface area contributed by atoms with Gasteiger partial charge in [0.15, 0.2) is 5.13 Å². The number of nitrogens with zero attached hydrogens (tertiary/aromatic N) is 1. The van der Waals surface area contributed by atoms with Gasteiger partial charge in [-0.25, -0.2) is 4.98 Å². The van der Waals surface area contributed by atoms with Crippen molar-refractivity contribution in [3.8, 4) is 11.5 Å². The summed E-state index contributed by atoms with van der Waals surface area (Å²) in [5.74, 6) is 1.35. The number of benzene rings is 2. The lowest BCUT2D eigenvalue weighted by Crippen LogP contribution is -2.28. The number of hydrogen-bond acceptors (Lipinski definition) is 6. The minimum Gasteiger partial charge on any atom is -0.497 e. The quantitative estimate of drug-likeness (QED) is 0.672. The highest BCUT2D eigenvalue weighted by atomic mass is 32.1. The fourth-order valence-electron chi connectivity index (χ4n) is 2.19. The summed E-state index contributed by atoms with van der Waals surface area (Å²) in [6.45, 7) is 0.793. The molecule has 0 spiro atoms. The first-order chi connectivity index (χ1) is 11.7. The van der Waals surface area contributed by atoms with Crippen LogP contribution < -0.4 is 20.5 Å². The highest BCUT2D eigenvalue weighted by molar-refractivity contribution is 7.22. The SMILES string of the molecule is COc1ccc(OCCNC(=O)c2ccc3nc(N)sc3c2)cc1. The first kappa shape index (κ1) is 16.1. The molecule has 3 aromatic rings. The Labute approximate surface area is 143 Å². The van der Waals surface area contributed by atoms with Crippen molar-refractivity contribution in [1.29, 1.82) is 0 Å². The van der Waals surface area contributed by atoms with E-state index in [1.54, 1.807) is 25.3 Å². The molecule has 3 N–H and O–H groups in total. The minimum absolute atomic E-state index is 0.151. The van der Waals surface area contributed by atoms with Gasteiger partial charge in [-0.3, -0.25) is 4.79 Å². The Morgan fingerprint density at radius 1 is 1.21 bits per heavy atom. The van der Waals surface area contributed by atoms with Gasteiger partial charge in [-0.1, -0.05) is 11.3 Å². The molecular weight excluding hydrogens is 326 g/mol. The number of hydrogen-bond donors (Lipinski definition) is 2. The van der Waals surface area contributed by atoms with Crippen molar-refractivity contribution in [3.05, 3.63) is 48.0 Å². The molecular formula is C17H17N3O3S. The number of nitrogens with one attached hydrogen (secondary N) is 1. The van der Waals surface area contributed by atoms with Crippen LogP contribution >= 0.6 is 11.3 Å². The first-order valence-corrected chi connectivity index (χ1v) is 8.18.